The summed E-state index contributed by atoms with van der Waals surface area (Å²) in [7, 11) is 0. The second-order valence-electron chi connectivity index (χ2n) is 7.15. The molecule has 0 saturated carbocycles. The number of benzene rings is 2. The van der Waals surface area contributed by atoms with E-state index in [0.717, 1.165) is 27.9 Å². The van der Waals surface area contributed by atoms with Crippen LogP contribution in [-0.2, 0) is 11.2 Å². The molecule has 0 aliphatic carbocycles. The fraction of sp³-hybridized carbons (Fsp3) is 0.250. The molecule has 5 heteroatoms. The number of alkyl halides is 2. The van der Waals surface area contributed by atoms with Crippen LogP contribution in [0, 0.1) is 6.92 Å². The van der Waals surface area contributed by atoms with E-state index in [1.165, 1.54) is 6.07 Å². The zero-order chi connectivity index (χ0) is 20.8. The van der Waals surface area contributed by atoms with Gasteiger partial charge in [-0.25, -0.2) is 0 Å². The third kappa shape index (κ3) is 5.95. The maximum atomic E-state index is 12.5. The van der Waals surface area contributed by atoms with Gasteiger partial charge >= 0.3 is 6.61 Å². The minimum atomic E-state index is -2.86. The summed E-state index contributed by atoms with van der Waals surface area (Å²) in [5, 5.41) is 0. The first-order chi connectivity index (χ1) is 13.9. The summed E-state index contributed by atoms with van der Waals surface area (Å²) in [6.45, 7) is 1.00. The average molecular weight is 395 g/mol. The minimum absolute atomic E-state index is 0.0808. The van der Waals surface area contributed by atoms with Gasteiger partial charge in [-0.3, -0.25) is 9.78 Å². The second-order valence-corrected chi connectivity index (χ2v) is 7.15. The van der Waals surface area contributed by atoms with Gasteiger partial charge in [0.15, 0.2) is 0 Å². The molecule has 3 aromatic rings. The van der Waals surface area contributed by atoms with E-state index in [1.54, 1.807) is 18.3 Å². The molecule has 0 aliphatic heterocycles. The Morgan fingerprint density at radius 1 is 1.03 bits per heavy atom. The summed E-state index contributed by atoms with van der Waals surface area (Å²) in [5.74, 6) is 0.131. The van der Waals surface area contributed by atoms with Crippen LogP contribution in [0.1, 0.15) is 36.1 Å². The van der Waals surface area contributed by atoms with Crippen LogP contribution < -0.4 is 4.74 Å². The number of carbonyl (C=O) groups is 1. The van der Waals surface area contributed by atoms with Gasteiger partial charge in [-0.1, -0.05) is 43.3 Å². The van der Waals surface area contributed by atoms with Crippen LogP contribution in [0.5, 0.6) is 5.75 Å². The number of carbonyl (C=O) groups excluding carboxylic acids is 1. The fourth-order valence-electron chi connectivity index (χ4n) is 3.30. The van der Waals surface area contributed by atoms with Crippen molar-refractivity contribution in [2.24, 2.45) is 0 Å². The normalized spacial score (nSPS) is 12.0. The topological polar surface area (TPSA) is 39.2 Å². The molecule has 3 rings (SSSR count). The average Bonchev–Trinajstić information content (AvgIpc) is 2.68. The predicted molar refractivity (Wildman–Crippen MR) is 109 cm³/mol. The highest BCUT2D eigenvalue weighted by Crippen LogP contribution is 2.25. The molecule has 1 atom stereocenters. The lowest BCUT2D eigenvalue weighted by atomic mass is 9.93. The Morgan fingerprint density at radius 3 is 2.48 bits per heavy atom. The van der Waals surface area contributed by atoms with Gasteiger partial charge in [0.2, 0.25) is 0 Å². The van der Waals surface area contributed by atoms with Crippen molar-refractivity contribution >= 4 is 5.78 Å². The molecule has 0 N–H and O–H groups in total. The second kappa shape index (κ2) is 9.41. The lowest BCUT2D eigenvalue weighted by Gasteiger charge is -2.13. The summed E-state index contributed by atoms with van der Waals surface area (Å²) in [4.78, 5) is 16.7. The monoisotopic (exact) mass is 395 g/mol. The highest BCUT2D eigenvalue weighted by molar-refractivity contribution is 5.82. The van der Waals surface area contributed by atoms with Crippen LogP contribution in [0.25, 0.3) is 11.1 Å². The van der Waals surface area contributed by atoms with Crippen molar-refractivity contribution in [3.8, 4) is 16.9 Å². The first kappa shape index (κ1) is 20.6. The maximum absolute atomic E-state index is 12.5. The molecular weight excluding hydrogens is 372 g/mol. The first-order valence-electron chi connectivity index (χ1n) is 9.49. The van der Waals surface area contributed by atoms with Crippen LogP contribution in [0.4, 0.5) is 8.78 Å². The van der Waals surface area contributed by atoms with E-state index in [9.17, 15) is 13.6 Å². The van der Waals surface area contributed by atoms with Crippen LogP contribution >= 0.6 is 0 Å². The van der Waals surface area contributed by atoms with Gasteiger partial charge in [0.1, 0.15) is 11.5 Å². The zero-order valence-electron chi connectivity index (χ0n) is 16.4. The standard InChI is InChI=1S/C24H23F2NO2/c1-16(20-4-3-5-23(15-20)29-24(25)26)12-22(28)14-18-6-8-19(9-7-18)21-10-11-27-17(2)13-21/h3-11,13,15-16,24H,12,14H2,1-2H3. The van der Waals surface area contributed by atoms with E-state index in [1.807, 2.05) is 56.3 Å². The Kier molecular flexibility index (Phi) is 6.70. The molecule has 29 heavy (non-hydrogen) atoms. The van der Waals surface area contributed by atoms with Crippen LogP contribution in [0.3, 0.4) is 0 Å². The van der Waals surface area contributed by atoms with E-state index in [4.69, 9.17) is 0 Å². The predicted octanol–water partition coefficient (Wildman–Crippen LogP) is 5.96. The number of halogens is 2. The number of ether oxygens (including phenoxy) is 1. The SMILES string of the molecule is Cc1cc(-c2ccc(CC(=O)CC(C)c3cccc(OC(F)F)c3)cc2)ccn1. The van der Waals surface area contributed by atoms with Gasteiger partial charge < -0.3 is 4.74 Å². The van der Waals surface area contributed by atoms with Crippen molar-refractivity contribution in [1.29, 1.82) is 0 Å². The summed E-state index contributed by atoms with van der Waals surface area (Å²) >= 11 is 0. The van der Waals surface area contributed by atoms with Gasteiger partial charge in [0.05, 0.1) is 0 Å². The Bertz CT molecular complexity index is 971. The van der Waals surface area contributed by atoms with E-state index in [0.29, 0.717) is 12.8 Å². The van der Waals surface area contributed by atoms with Crippen LogP contribution in [0.15, 0.2) is 66.9 Å². The van der Waals surface area contributed by atoms with Gasteiger partial charge in [0.25, 0.3) is 0 Å². The lowest BCUT2D eigenvalue weighted by molar-refractivity contribution is -0.118. The number of hydrogen-bond donors (Lipinski definition) is 0. The Balaban J connectivity index is 1.60. The van der Waals surface area contributed by atoms with Crippen molar-refractivity contribution in [3.05, 3.63) is 83.7 Å². The van der Waals surface area contributed by atoms with Gasteiger partial charge in [-0.05, 0) is 59.4 Å². The molecule has 0 fully saturated rings. The minimum Gasteiger partial charge on any atom is -0.435 e. The molecule has 0 amide bonds. The largest absolute Gasteiger partial charge is 0.435 e. The van der Waals surface area contributed by atoms with Crippen LogP contribution in [0.2, 0.25) is 0 Å². The molecule has 0 radical (unpaired) electrons. The molecule has 1 aromatic heterocycles. The van der Waals surface area contributed by atoms with Crippen molar-refractivity contribution in [2.45, 2.75) is 39.2 Å². The third-order valence-corrected chi connectivity index (χ3v) is 4.77. The van der Waals surface area contributed by atoms with E-state index in [2.05, 4.69) is 9.72 Å². The van der Waals surface area contributed by atoms with Gasteiger partial charge in [-0.2, -0.15) is 8.78 Å². The number of ketones is 1. The number of Topliss-reactive ketones (excluding diaryl/α,β-unsaturated/α-hetero) is 1. The Morgan fingerprint density at radius 2 is 1.79 bits per heavy atom. The quantitative estimate of drug-likeness (QED) is 0.472. The van der Waals surface area contributed by atoms with Crippen molar-refractivity contribution < 1.29 is 18.3 Å². The van der Waals surface area contributed by atoms with E-state index >= 15 is 0 Å². The number of nitrogens with zero attached hydrogens (tertiary/aromatic N) is 1. The molecule has 3 nitrogen and oxygen atoms in total. The molecule has 2 aromatic carbocycles. The molecule has 0 bridgehead atoms. The van der Waals surface area contributed by atoms with Crippen molar-refractivity contribution in [3.63, 3.8) is 0 Å². The zero-order valence-corrected chi connectivity index (χ0v) is 16.4. The molecule has 1 unspecified atom stereocenters. The molecule has 1 heterocycles. The Labute approximate surface area is 169 Å². The third-order valence-electron chi connectivity index (χ3n) is 4.77. The first-order valence-corrected chi connectivity index (χ1v) is 9.49. The van der Waals surface area contributed by atoms with Gasteiger partial charge in [0, 0.05) is 24.7 Å². The molecular formula is C24H23F2NO2. The number of hydrogen-bond acceptors (Lipinski definition) is 3. The van der Waals surface area contributed by atoms with E-state index in [-0.39, 0.29) is 17.5 Å². The summed E-state index contributed by atoms with van der Waals surface area (Å²) < 4.78 is 29.2. The molecule has 0 aliphatic rings. The summed E-state index contributed by atoms with van der Waals surface area (Å²) in [5.41, 5.74) is 4.89. The molecule has 150 valence electrons. The fourth-order valence-corrected chi connectivity index (χ4v) is 3.30. The lowest BCUT2D eigenvalue weighted by Crippen LogP contribution is -2.08. The van der Waals surface area contributed by atoms with E-state index < -0.39 is 6.61 Å². The summed E-state index contributed by atoms with van der Waals surface area (Å²) in [6.07, 6.45) is 2.46. The number of pyridine rings is 1. The van der Waals surface area contributed by atoms with Crippen molar-refractivity contribution in [1.82, 2.24) is 4.98 Å². The van der Waals surface area contributed by atoms with Crippen molar-refractivity contribution in [2.75, 3.05) is 0 Å². The smallest absolute Gasteiger partial charge is 0.387 e. The highest BCUT2D eigenvalue weighted by Gasteiger charge is 2.14. The van der Waals surface area contributed by atoms with Crippen LogP contribution in [-0.4, -0.2) is 17.4 Å². The molecule has 0 spiro atoms. The highest BCUT2D eigenvalue weighted by atomic mass is 19.3. The number of aromatic nitrogens is 1. The Hall–Kier alpha value is -3.08. The van der Waals surface area contributed by atoms with Gasteiger partial charge in [-0.15, -0.1) is 0 Å². The number of rotatable bonds is 8. The summed E-state index contributed by atoms with van der Waals surface area (Å²) in [6, 6.07) is 18.4. The maximum Gasteiger partial charge on any atom is 0.387 e. The number of aryl methyl sites for hydroxylation is 1. The molecule has 0 saturated heterocycles.